The van der Waals surface area contributed by atoms with Crippen LogP contribution in [0.4, 0.5) is 0 Å². The molecule has 0 aliphatic heterocycles. The van der Waals surface area contributed by atoms with Gasteiger partial charge in [-0.05, 0) is 30.5 Å². The Morgan fingerprint density at radius 2 is 1.38 bits per heavy atom. The Hall–Kier alpha value is -2.61. The summed E-state index contributed by atoms with van der Waals surface area (Å²) in [7, 11) is 1.52. The predicted molar refractivity (Wildman–Crippen MR) is 108 cm³/mol. The Bertz CT molecular complexity index is 866. The molecule has 2 atom stereocenters. The van der Waals surface area contributed by atoms with Gasteiger partial charge in [0.05, 0.1) is 5.60 Å². The highest BCUT2D eigenvalue weighted by molar-refractivity contribution is 6.01. The highest BCUT2D eigenvalue weighted by Crippen LogP contribution is 2.30. The first-order valence-corrected chi connectivity index (χ1v) is 9.22. The Morgan fingerprint density at radius 1 is 0.966 bits per heavy atom. The fourth-order valence-corrected chi connectivity index (χ4v) is 3.13. The van der Waals surface area contributed by atoms with E-state index < -0.39 is 34.1 Å². The summed E-state index contributed by atoms with van der Waals surface area (Å²) in [6.45, 7) is 5.85. The zero-order valence-corrected chi connectivity index (χ0v) is 17.2. The zero-order chi connectivity index (χ0) is 22.0. The average Bonchev–Trinajstić information content (AvgIpc) is 2.67. The molecule has 0 aromatic heterocycles. The monoisotopic (exact) mass is 401 g/mol. The minimum atomic E-state index is -1.71. The van der Waals surface area contributed by atoms with Gasteiger partial charge in [-0.2, -0.15) is 0 Å². The minimum Gasteiger partial charge on any atom is -0.387 e. The van der Waals surface area contributed by atoms with E-state index in [-0.39, 0.29) is 5.56 Å². The molecule has 0 radical (unpaired) electrons. The minimum absolute atomic E-state index is 0.214. The van der Waals surface area contributed by atoms with Crippen molar-refractivity contribution >= 4 is 5.78 Å². The number of ketones is 1. The van der Waals surface area contributed by atoms with Crippen LogP contribution in [0, 0.1) is 10.1 Å². The highest BCUT2D eigenvalue weighted by Gasteiger charge is 2.40. The molecule has 2 aromatic rings. The standard InChI is InChI=1S/C22H27NO6/c1-21(2,23(27)28)19(25)16-10-6-14(7-11-16)18(24)15-8-12-17(13-9-15)20(29-5)22(3,4)26/h6-13,18,20,24,26H,1-5H3. The summed E-state index contributed by atoms with van der Waals surface area (Å²) in [5.74, 6) is -0.592. The van der Waals surface area contributed by atoms with Crippen LogP contribution in [0.25, 0.3) is 0 Å². The molecule has 0 fully saturated rings. The molecule has 0 heterocycles. The van der Waals surface area contributed by atoms with Crippen LogP contribution in [-0.2, 0) is 4.74 Å². The quantitative estimate of drug-likeness (QED) is 0.398. The molecule has 0 aliphatic rings. The number of aliphatic hydroxyl groups is 2. The zero-order valence-electron chi connectivity index (χ0n) is 17.2. The summed E-state index contributed by atoms with van der Waals surface area (Å²) in [5, 5.41) is 31.9. The maximum Gasteiger partial charge on any atom is 0.278 e. The van der Waals surface area contributed by atoms with E-state index in [1.165, 1.54) is 33.1 Å². The van der Waals surface area contributed by atoms with Gasteiger partial charge in [0.1, 0.15) is 12.2 Å². The number of Topliss-reactive ketones (excluding diaryl/α,β-unsaturated/α-hetero) is 1. The Morgan fingerprint density at radius 3 is 1.76 bits per heavy atom. The molecule has 0 aliphatic carbocycles. The molecule has 2 N–H and O–H groups in total. The van der Waals surface area contributed by atoms with E-state index in [1.807, 2.05) is 0 Å². The van der Waals surface area contributed by atoms with Crippen LogP contribution in [0.3, 0.4) is 0 Å². The molecule has 0 bridgehead atoms. The smallest absolute Gasteiger partial charge is 0.278 e. The second kappa shape index (κ2) is 8.41. The van der Waals surface area contributed by atoms with Gasteiger partial charge in [0.25, 0.3) is 5.54 Å². The number of benzene rings is 2. The normalized spacial score (nSPS) is 14.3. The van der Waals surface area contributed by atoms with E-state index in [2.05, 4.69) is 0 Å². The number of hydrogen-bond donors (Lipinski definition) is 2. The second-order valence-electron chi connectivity index (χ2n) is 8.11. The van der Waals surface area contributed by atoms with E-state index in [0.717, 1.165) is 5.56 Å². The van der Waals surface area contributed by atoms with E-state index in [1.54, 1.807) is 50.2 Å². The number of methoxy groups -OCH3 is 1. The fourth-order valence-electron chi connectivity index (χ4n) is 3.13. The number of aliphatic hydroxyl groups excluding tert-OH is 1. The SMILES string of the molecule is COC(c1ccc(C(O)c2ccc(C(=O)C(C)(C)[N+](=O)[O-])cc2)cc1)C(C)(C)O. The van der Waals surface area contributed by atoms with Crippen molar-refractivity contribution in [2.24, 2.45) is 0 Å². The van der Waals surface area contributed by atoms with Crippen molar-refractivity contribution in [1.82, 2.24) is 0 Å². The lowest BCUT2D eigenvalue weighted by Gasteiger charge is -2.28. The van der Waals surface area contributed by atoms with Gasteiger partial charge in [0.2, 0.25) is 5.78 Å². The number of hydrogen-bond acceptors (Lipinski definition) is 6. The Balaban J connectivity index is 2.22. The molecule has 0 saturated carbocycles. The maximum absolute atomic E-state index is 12.3. The average molecular weight is 401 g/mol. The van der Waals surface area contributed by atoms with Crippen LogP contribution >= 0.6 is 0 Å². The first-order valence-electron chi connectivity index (χ1n) is 9.22. The van der Waals surface area contributed by atoms with Gasteiger partial charge in [0, 0.05) is 31.4 Å². The Labute approximate surface area is 170 Å². The lowest BCUT2D eigenvalue weighted by molar-refractivity contribution is -0.540. The maximum atomic E-state index is 12.3. The van der Waals surface area contributed by atoms with Gasteiger partial charge in [0.15, 0.2) is 0 Å². The van der Waals surface area contributed by atoms with Gasteiger partial charge in [-0.3, -0.25) is 14.9 Å². The van der Waals surface area contributed by atoms with Crippen molar-refractivity contribution < 1.29 is 24.7 Å². The molecule has 29 heavy (non-hydrogen) atoms. The summed E-state index contributed by atoms with van der Waals surface area (Å²) < 4.78 is 5.37. The van der Waals surface area contributed by atoms with Crippen molar-refractivity contribution in [3.63, 3.8) is 0 Å². The summed E-state index contributed by atoms with van der Waals surface area (Å²) >= 11 is 0. The topological polar surface area (TPSA) is 110 Å². The summed E-state index contributed by atoms with van der Waals surface area (Å²) in [6.07, 6.45) is -1.44. The number of rotatable bonds is 8. The molecular weight excluding hydrogens is 374 g/mol. The Kier molecular flexibility index (Phi) is 6.57. The van der Waals surface area contributed by atoms with Crippen LogP contribution in [0.15, 0.2) is 48.5 Å². The van der Waals surface area contributed by atoms with Crippen molar-refractivity contribution in [2.45, 2.75) is 51.0 Å². The summed E-state index contributed by atoms with van der Waals surface area (Å²) in [4.78, 5) is 22.8. The first kappa shape index (κ1) is 22.7. The van der Waals surface area contributed by atoms with Gasteiger partial charge < -0.3 is 14.9 Å². The van der Waals surface area contributed by atoms with E-state index in [0.29, 0.717) is 11.1 Å². The van der Waals surface area contributed by atoms with Gasteiger partial charge in [-0.1, -0.05) is 48.5 Å². The van der Waals surface area contributed by atoms with Crippen molar-refractivity contribution in [1.29, 1.82) is 0 Å². The number of nitro groups is 1. The molecular formula is C22H27NO6. The number of carbonyl (C=O) groups excluding carboxylic acids is 1. The molecule has 0 saturated heterocycles. The van der Waals surface area contributed by atoms with E-state index >= 15 is 0 Å². The van der Waals surface area contributed by atoms with Crippen molar-refractivity contribution in [2.75, 3.05) is 7.11 Å². The van der Waals surface area contributed by atoms with Crippen LogP contribution in [-0.4, -0.2) is 39.2 Å². The third kappa shape index (κ3) is 4.87. The van der Waals surface area contributed by atoms with Crippen LogP contribution in [0.1, 0.15) is 67.0 Å². The molecule has 2 unspecified atom stereocenters. The first-order chi connectivity index (χ1) is 13.4. The van der Waals surface area contributed by atoms with E-state index in [9.17, 15) is 25.1 Å². The molecule has 2 aromatic carbocycles. The van der Waals surface area contributed by atoms with Gasteiger partial charge in [-0.25, -0.2) is 0 Å². The lowest BCUT2D eigenvalue weighted by atomic mass is 9.91. The van der Waals surface area contributed by atoms with Crippen LogP contribution < -0.4 is 0 Å². The lowest BCUT2D eigenvalue weighted by Crippen LogP contribution is -2.40. The highest BCUT2D eigenvalue weighted by atomic mass is 16.6. The fraction of sp³-hybridized carbons (Fsp3) is 0.409. The summed E-state index contributed by atoms with van der Waals surface area (Å²) in [6, 6.07) is 13.2. The molecule has 0 amide bonds. The number of carbonyl (C=O) groups is 1. The molecule has 156 valence electrons. The van der Waals surface area contributed by atoms with Crippen LogP contribution in [0.5, 0.6) is 0 Å². The third-order valence-electron chi connectivity index (χ3n) is 4.93. The van der Waals surface area contributed by atoms with Gasteiger partial charge in [-0.15, -0.1) is 0 Å². The molecule has 0 spiro atoms. The molecule has 7 heteroatoms. The second-order valence-corrected chi connectivity index (χ2v) is 8.11. The van der Waals surface area contributed by atoms with Crippen molar-refractivity contribution in [3.8, 4) is 0 Å². The van der Waals surface area contributed by atoms with Gasteiger partial charge >= 0.3 is 0 Å². The van der Waals surface area contributed by atoms with Crippen LogP contribution in [0.2, 0.25) is 0 Å². The molecule has 2 rings (SSSR count). The summed E-state index contributed by atoms with van der Waals surface area (Å²) in [5.41, 5.74) is -0.601. The van der Waals surface area contributed by atoms with E-state index in [4.69, 9.17) is 4.74 Å². The predicted octanol–water partition coefficient (Wildman–Crippen LogP) is 3.46. The van der Waals surface area contributed by atoms with Crippen molar-refractivity contribution in [3.05, 3.63) is 80.9 Å². The number of ether oxygens (including phenoxy) is 1. The number of nitrogens with zero attached hydrogens (tertiary/aromatic N) is 1. The largest absolute Gasteiger partial charge is 0.387 e. The third-order valence-corrected chi connectivity index (χ3v) is 4.93. The molecule has 7 nitrogen and oxygen atoms in total.